The van der Waals surface area contributed by atoms with E-state index in [0.717, 1.165) is 12.0 Å². The molecule has 1 fully saturated rings. The molecule has 0 amide bonds. The Morgan fingerprint density at radius 2 is 2.12 bits per heavy atom. The zero-order valence-electron chi connectivity index (χ0n) is 9.70. The van der Waals surface area contributed by atoms with Crippen molar-refractivity contribution in [1.82, 2.24) is 0 Å². The fourth-order valence-electron chi connectivity index (χ4n) is 2.36. The van der Waals surface area contributed by atoms with E-state index < -0.39 is 0 Å². The molecule has 2 heteroatoms. The van der Waals surface area contributed by atoms with Crippen molar-refractivity contribution < 1.29 is 5.11 Å². The van der Waals surface area contributed by atoms with E-state index in [1.165, 1.54) is 19.3 Å². The number of halogens is 1. The van der Waals surface area contributed by atoms with Gasteiger partial charge < -0.3 is 5.11 Å². The number of hydrogen-bond acceptors (Lipinski definition) is 1. The fraction of sp³-hybridized carbons (Fsp3) is 0.571. The predicted octanol–water partition coefficient (Wildman–Crippen LogP) is 4.06. The Labute approximate surface area is 106 Å². The monoisotopic (exact) mass is 282 g/mol. The molecule has 2 rings (SSSR count). The molecular weight excluding hydrogens is 264 g/mol. The Morgan fingerprint density at radius 1 is 1.44 bits per heavy atom. The van der Waals surface area contributed by atoms with E-state index in [4.69, 9.17) is 0 Å². The van der Waals surface area contributed by atoms with E-state index in [2.05, 4.69) is 22.9 Å². The summed E-state index contributed by atoms with van der Waals surface area (Å²) in [5, 5.41) is 10.3. The summed E-state index contributed by atoms with van der Waals surface area (Å²) in [5.74, 6) is 0.641. The lowest BCUT2D eigenvalue weighted by atomic mass is 10.0. The molecule has 1 N–H and O–H groups in total. The van der Waals surface area contributed by atoms with Crippen LogP contribution in [-0.4, -0.2) is 9.43 Å². The summed E-state index contributed by atoms with van der Waals surface area (Å²) < 4.78 is -0.0521. The molecular formula is C14H19BrO. The van der Waals surface area contributed by atoms with E-state index in [1.54, 1.807) is 0 Å². The van der Waals surface area contributed by atoms with Crippen molar-refractivity contribution >= 4 is 15.9 Å². The second kappa shape index (κ2) is 4.89. The van der Waals surface area contributed by atoms with E-state index in [0.29, 0.717) is 5.92 Å². The zero-order chi connectivity index (χ0) is 11.6. The Bertz CT molecular complexity index is 338. The normalized spacial score (nSPS) is 30.1. The third-order valence-electron chi connectivity index (χ3n) is 3.55. The van der Waals surface area contributed by atoms with Crippen molar-refractivity contribution in [2.24, 2.45) is 5.92 Å². The topological polar surface area (TPSA) is 20.2 Å². The second-order valence-corrected chi connectivity index (χ2v) is 6.26. The fourth-order valence-corrected chi connectivity index (χ4v) is 3.24. The van der Waals surface area contributed by atoms with Crippen LogP contribution in [0.1, 0.15) is 44.3 Å². The lowest BCUT2D eigenvalue weighted by Gasteiger charge is -2.18. The van der Waals surface area contributed by atoms with Gasteiger partial charge in [-0.05, 0) is 24.3 Å². The molecule has 16 heavy (non-hydrogen) atoms. The number of hydrogen-bond donors (Lipinski definition) is 1. The molecule has 1 aromatic carbocycles. The standard InChI is InChI=1S/C14H19BrO/c1-2-3-9-12-10-14(12,15)13(16)11-7-5-4-6-8-11/h4-8,12-13,16H,2-3,9-10H2,1H3. The predicted molar refractivity (Wildman–Crippen MR) is 70.7 cm³/mol. The van der Waals surface area contributed by atoms with Crippen LogP contribution in [0, 0.1) is 5.92 Å². The van der Waals surface area contributed by atoms with Crippen molar-refractivity contribution in [2.45, 2.75) is 43.0 Å². The lowest BCUT2D eigenvalue weighted by Crippen LogP contribution is -2.15. The summed E-state index contributed by atoms with van der Waals surface area (Å²) in [6.07, 6.45) is 4.46. The second-order valence-electron chi connectivity index (χ2n) is 4.78. The van der Waals surface area contributed by atoms with Crippen LogP contribution in [0.3, 0.4) is 0 Å². The van der Waals surface area contributed by atoms with E-state index >= 15 is 0 Å². The third-order valence-corrected chi connectivity index (χ3v) is 4.96. The molecule has 1 aliphatic carbocycles. The smallest absolute Gasteiger partial charge is 0.0945 e. The molecule has 0 radical (unpaired) electrons. The first-order valence-electron chi connectivity index (χ1n) is 6.10. The van der Waals surface area contributed by atoms with Gasteiger partial charge in [0.15, 0.2) is 0 Å². The minimum Gasteiger partial charge on any atom is -0.387 e. The van der Waals surface area contributed by atoms with Gasteiger partial charge in [-0.25, -0.2) is 0 Å². The molecule has 1 aromatic rings. The van der Waals surface area contributed by atoms with Crippen molar-refractivity contribution in [2.75, 3.05) is 0 Å². The zero-order valence-corrected chi connectivity index (χ0v) is 11.3. The van der Waals surface area contributed by atoms with E-state index in [9.17, 15) is 5.11 Å². The molecule has 0 aliphatic heterocycles. The molecule has 1 saturated carbocycles. The molecule has 0 spiro atoms. The lowest BCUT2D eigenvalue weighted by molar-refractivity contribution is 0.162. The summed E-state index contributed by atoms with van der Waals surface area (Å²) in [6.45, 7) is 2.21. The van der Waals surface area contributed by atoms with Crippen LogP contribution in [0.2, 0.25) is 0 Å². The van der Waals surface area contributed by atoms with Crippen LogP contribution in [0.5, 0.6) is 0 Å². The van der Waals surface area contributed by atoms with Gasteiger partial charge in [-0.1, -0.05) is 66.0 Å². The summed E-state index contributed by atoms with van der Waals surface area (Å²) in [4.78, 5) is 0. The quantitative estimate of drug-likeness (QED) is 0.808. The van der Waals surface area contributed by atoms with Crippen LogP contribution in [-0.2, 0) is 0 Å². The average Bonchev–Trinajstić information content (AvgIpc) is 2.99. The highest BCUT2D eigenvalue weighted by molar-refractivity contribution is 9.10. The van der Waals surface area contributed by atoms with Gasteiger partial charge in [0.2, 0.25) is 0 Å². The van der Waals surface area contributed by atoms with Crippen molar-refractivity contribution in [3.05, 3.63) is 35.9 Å². The van der Waals surface area contributed by atoms with Crippen LogP contribution in [0.25, 0.3) is 0 Å². The highest BCUT2D eigenvalue weighted by Gasteiger charge is 2.56. The van der Waals surface area contributed by atoms with Gasteiger partial charge in [-0.15, -0.1) is 0 Å². The maximum absolute atomic E-state index is 10.3. The van der Waals surface area contributed by atoms with Crippen LogP contribution in [0.4, 0.5) is 0 Å². The molecule has 0 aromatic heterocycles. The molecule has 1 aliphatic rings. The third kappa shape index (κ3) is 2.33. The largest absolute Gasteiger partial charge is 0.387 e. The molecule has 0 heterocycles. The number of rotatable bonds is 5. The Hall–Kier alpha value is -0.340. The highest BCUT2D eigenvalue weighted by Crippen LogP contribution is 2.60. The van der Waals surface area contributed by atoms with Gasteiger partial charge >= 0.3 is 0 Å². The maximum atomic E-state index is 10.3. The Kier molecular flexibility index (Phi) is 3.70. The molecule has 0 saturated heterocycles. The first kappa shape index (κ1) is 12.1. The van der Waals surface area contributed by atoms with Crippen LogP contribution < -0.4 is 0 Å². The maximum Gasteiger partial charge on any atom is 0.0945 e. The first-order valence-corrected chi connectivity index (χ1v) is 6.89. The summed E-state index contributed by atoms with van der Waals surface area (Å²) in [5.41, 5.74) is 1.03. The minimum absolute atomic E-state index is 0.0521. The van der Waals surface area contributed by atoms with Gasteiger partial charge in [0.25, 0.3) is 0 Å². The summed E-state index contributed by atoms with van der Waals surface area (Å²) in [7, 11) is 0. The first-order chi connectivity index (χ1) is 7.68. The van der Waals surface area contributed by atoms with Gasteiger partial charge in [-0.2, -0.15) is 0 Å². The number of alkyl halides is 1. The average molecular weight is 283 g/mol. The van der Waals surface area contributed by atoms with Crippen molar-refractivity contribution in [3.8, 4) is 0 Å². The number of aliphatic hydroxyl groups excluding tert-OH is 1. The number of unbranched alkanes of at least 4 members (excludes halogenated alkanes) is 1. The van der Waals surface area contributed by atoms with E-state index in [-0.39, 0.29) is 10.4 Å². The van der Waals surface area contributed by atoms with Crippen LogP contribution in [0.15, 0.2) is 30.3 Å². The summed E-state index contributed by atoms with van der Waals surface area (Å²) in [6, 6.07) is 9.96. The molecule has 88 valence electrons. The molecule has 3 atom stereocenters. The van der Waals surface area contributed by atoms with E-state index in [1.807, 2.05) is 30.3 Å². The van der Waals surface area contributed by atoms with Crippen LogP contribution >= 0.6 is 15.9 Å². The molecule has 1 nitrogen and oxygen atoms in total. The van der Waals surface area contributed by atoms with Gasteiger partial charge in [0.05, 0.1) is 10.4 Å². The minimum atomic E-state index is -0.365. The van der Waals surface area contributed by atoms with Gasteiger partial charge in [0, 0.05) is 0 Å². The number of benzene rings is 1. The van der Waals surface area contributed by atoms with Gasteiger partial charge in [-0.3, -0.25) is 0 Å². The molecule has 0 bridgehead atoms. The van der Waals surface area contributed by atoms with Gasteiger partial charge in [0.1, 0.15) is 0 Å². The Balaban J connectivity index is 1.99. The van der Waals surface area contributed by atoms with Crippen molar-refractivity contribution in [1.29, 1.82) is 0 Å². The SMILES string of the molecule is CCCCC1CC1(Br)C(O)c1ccccc1. The number of aliphatic hydroxyl groups is 1. The van der Waals surface area contributed by atoms with Crippen molar-refractivity contribution in [3.63, 3.8) is 0 Å². The highest BCUT2D eigenvalue weighted by atomic mass is 79.9. The molecule has 3 unspecified atom stereocenters. The Morgan fingerprint density at radius 3 is 2.75 bits per heavy atom. The summed E-state index contributed by atoms with van der Waals surface area (Å²) >= 11 is 3.74.